The lowest BCUT2D eigenvalue weighted by Crippen LogP contribution is -1.97. The normalized spacial score (nSPS) is 10.7. The second kappa shape index (κ2) is 11.6. The highest BCUT2D eigenvalue weighted by molar-refractivity contribution is 5.31. The maximum absolute atomic E-state index is 9.31. The number of benzene rings is 1. The summed E-state index contributed by atoms with van der Waals surface area (Å²) in [7, 11) is 0. The molecule has 0 aliphatic carbocycles. The van der Waals surface area contributed by atoms with Gasteiger partial charge in [0.25, 0.3) is 0 Å². The number of hydrogen-bond acceptors (Lipinski definition) is 2. The van der Waals surface area contributed by atoms with Gasteiger partial charge in [-0.1, -0.05) is 70.8 Å². The fourth-order valence-corrected chi connectivity index (χ4v) is 2.35. The molecule has 0 fully saturated rings. The molecule has 1 aromatic carbocycles. The Balaban J connectivity index is 1.85. The molecule has 0 heterocycles. The van der Waals surface area contributed by atoms with E-state index in [0.29, 0.717) is 0 Å². The van der Waals surface area contributed by atoms with Gasteiger partial charge in [-0.05, 0) is 18.6 Å². The summed E-state index contributed by atoms with van der Waals surface area (Å²) in [5.41, 5.74) is 0. The molecule has 0 spiro atoms. The van der Waals surface area contributed by atoms with E-state index in [4.69, 9.17) is 4.74 Å². The summed E-state index contributed by atoms with van der Waals surface area (Å²) in [4.78, 5) is 0. The van der Waals surface area contributed by atoms with Crippen molar-refractivity contribution >= 4 is 0 Å². The molecule has 0 unspecified atom stereocenters. The molecule has 2 nitrogen and oxygen atoms in total. The van der Waals surface area contributed by atoms with Gasteiger partial charge in [-0.3, -0.25) is 0 Å². The van der Waals surface area contributed by atoms with Gasteiger partial charge in [0.1, 0.15) is 11.5 Å². The van der Waals surface area contributed by atoms with Crippen molar-refractivity contribution < 1.29 is 9.84 Å². The molecule has 0 aliphatic rings. The van der Waals surface area contributed by atoms with Crippen LogP contribution in [0.2, 0.25) is 0 Å². The first-order valence-corrected chi connectivity index (χ1v) is 8.24. The number of aromatic hydroxyl groups is 1. The monoisotopic (exact) mass is 278 g/mol. The van der Waals surface area contributed by atoms with E-state index in [2.05, 4.69) is 6.92 Å². The van der Waals surface area contributed by atoms with E-state index in [-0.39, 0.29) is 5.75 Å². The van der Waals surface area contributed by atoms with Crippen LogP contribution in [0.4, 0.5) is 0 Å². The quantitative estimate of drug-likeness (QED) is 0.497. The lowest BCUT2D eigenvalue weighted by molar-refractivity contribution is 0.302. The average molecular weight is 278 g/mol. The Morgan fingerprint density at radius 3 is 2.05 bits per heavy atom. The Bertz CT molecular complexity index is 336. The minimum absolute atomic E-state index is 0.269. The molecule has 2 heteroatoms. The molecule has 0 aromatic heterocycles. The zero-order valence-electron chi connectivity index (χ0n) is 12.9. The third kappa shape index (κ3) is 8.84. The predicted molar refractivity (Wildman–Crippen MR) is 85.4 cm³/mol. The number of hydrogen-bond donors (Lipinski definition) is 1. The zero-order valence-corrected chi connectivity index (χ0v) is 12.9. The molecule has 1 N–H and O–H groups in total. The Morgan fingerprint density at radius 2 is 1.45 bits per heavy atom. The van der Waals surface area contributed by atoms with Crippen molar-refractivity contribution in [1.29, 1.82) is 0 Å². The van der Waals surface area contributed by atoms with Gasteiger partial charge in [0, 0.05) is 6.07 Å². The SMILES string of the molecule is CCCCCCCCCCCCOc1cccc(O)c1. The molecule has 0 bridgehead atoms. The van der Waals surface area contributed by atoms with E-state index < -0.39 is 0 Å². The number of rotatable bonds is 12. The Kier molecular flexibility index (Phi) is 9.81. The fraction of sp³-hybridized carbons (Fsp3) is 0.667. The molecular formula is C18H30O2. The summed E-state index contributed by atoms with van der Waals surface area (Å²) in [5, 5.41) is 9.31. The molecule has 0 saturated heterocycles. The van der Waals surface area contributed by atoms with Gasteiger partial charge in [-0.15, -0.1) is 0 Å². The highest BCUT2D eigenvalue weighted by atomic mass is 16.5. The maximum Gasteiger partial charge on any atom is 0.122 e. The van der Waals surface area contributed by atoms with E-state index in [1.807, 2.05) is 12.1 Å². The Morgan fingerprint density at radius 1 is 0.850 bits per heavy atom. The summed E-state index contributed by atoms with van der Waals surface area (Å²) < 4.78 is 5.60. The van der Waals surface area contributed by atoms with Crippen LogP contribution in [0.15, 0.2) is 24.3 Å². The van der Waals surface area contributed by atoms with Crippen LogP contribution in [0.25, 0.3) is 0 Å². The summed E-state index contributed by atoms with van der Waals surface area (Å²) in [6.07, 6.45) is 13.4. The minimum atomic E-state index is 0.269. The number of phenolic OH excluding ortho intramolecular Hbond substituents is 1. The maximum atomic E-state index is 9.31. The predicted octanol–water partition coefficient (Wildman–Crippen LogP) is 5.69. The van der Waals surface area contributed by atoms with Crippen molar-refractivity contribution in [3.05, 3.63) is 24.3 Å². The van der Waals surface area contributed by atoms with Crippen molar-refractivity contribution in [2.75, 3.05) is 6.61 Å². The Hall–Kier alpha value is -1.18. The molecule has 0 aliphatic heterocycles. The lowest BCUT2D eigenvalue weighted by Gasteiger charge is -2.06. The first-order chi connectivity index (χ1) is 9.83. The molecule has 0 radical (unpaired) electrons. The van der Waals surface area contributed by atoms with Crippen LogP contribution in [0.3, 0.4) is 0 Å². The van der Waals surface area contributed by atoms with Gasteiger partial charge in [-0.2, -0.15) is 0 Å². The first kappa shape index (κ1) is 16.9. The van der Waals surface area contributed by atoms with Crippen LogP contribution in [0.1, 0.15) is 71.1 Å². The van der Waals surface area contributed by atoms with Crippen LogP contribution in [0.5, 0.6) is 11.5 Å². The van der Waals surface area contributed by atoms with E-state index in [1.165, 1.54) is 57.8 Å². The summed E-state index contributed by atoms with van der Waals surface area (Å²) in [6, 6.07) is 7.02. The fourth-order valence-electron chi connectivity index (χ4n) is 2.35. The van der Waals surface area contributed by atoms with E-state index >= 15 is 0 Å². The van der Waals surface area contributed by atoms with Crippen LogP contribution in [0, 0.1) is 0 Å². The largest absolute Gasteiger partial charge is 0.508 e. The van der Waals surface area contributed by atoms with E-state index in [9.17, 15) is 5.11 Å². The van der Waals surface area contributed by atoms with Gasteiger partial charge in [0.15, 0.2) is 0 Å². The van der Waals surface area contributed by atoms with E-state index in [0.717, 1.165) is 18.8 Å². The standard InChI is InChI=1S/C18H30O2/c1-2-3-4-5-6-7-8-9-10-11-15-20-18-14-12-13-17(19)16-18/h12-14,16,19H,2-11,15H2,1H3. The molecule has 0 saturated carbocycles. The topological polar surface area (TPSA) is 29.5 Å². The van der Waals surface area contributed by atoms with Crippen molar-refractivity contribution in [2.24, 2.45) is 0 Å². The first-order valence-electron chi connectivity index (χ1n) is 8.24. The van der Waals surface area contributed by atoms with Gasteiger partial charge >= 0.3 is 0 Å². The molecule has 1 aromatic rings. The average Bonchev–Trinajstić information content (AvgIpc) is 2.45. The highest BCUT2D eigenvalue weighted by Gasteiger charge is 1.96. The molecular weight excluding hydrogens is 248 g/mol. The molecule has 0 atom stereocenters. The summed E-state index contributed by atoms with van der Waals surface area (Å²) in [6.45, 7) is 3.01. The summed E-state index contributed by atoms with van der Waals surface area (Å²) in [5.74, 6) is 1.03. The molecule has 0 amide bonds. The minimum Gasteiger partial charge on any atom is -0.508 e. The number of unbranched alkanes of at least 4 members (excludes halogenated alkanes) is 9. The van der Waals surface area contributed by atoms with Crippen molar-refractivity contribution in [3.8, 4) is 11.5 Å². The highest BCUT2D eigenvalue weighted by Crippen LogP contribution is 2.18. The van der Waals surface area contributed by atoms with Gasteiger partial charge in [0.2, 0.25) is 0 Å². The number of ether oxygens (including phenoxy) is 1. The second-order valence-corrected chi connectivity index (χ2v) is 5.53. The van der Waals surface area contributed by atoms with Crippen LogP contribution >= 0.6 is 0 Å². The molecule has 20 heavy (non-hydrogen) atoms. The van der Waals surface area contributed by atoms with Crippen LogP contribution in [-0.2, 0) is 0 Å². The third-order valence-corrected chi connectivity index (χ3v) is 3.58. The van der Waals surface area contributed by atoms with Crippen LogP contribution < -0.4 is 4.74 Å². The van der Waals surface area contributed by atoms with Gasteiger partial charge in [0.05, 0.1) is 6.61 Å². The van der Waals surface area contributed by atoms with Gasteiger partial charge in [-0.25, -0.2) is 0 Å². The van der Waals surface area contributed by atoms with Gasteiger partial charge < -0.3 is 9.84 Å². The van der Waals surface area contributed by atoms with Crippen molar-refractivity contribution in [1.82, 2.24) is 0 Å². The smallest absolute Gasteiger partial charge is 0.122 e. The number of phenols is 1. The third-order valence-electron chi connectivity index (χ3n) is 3.58. The lowest BCUT2D eigenvalue weighted by atomic mass is 10.1. The van der Waals surface area contributed by atoms with Crippen molar-refractivity contribution in [2.45, 2.75) is 71.1 Å². The Labute approximate surface area is 124 Å². The van der Waals surface area contributed by atoms with Crippen LogP contribution in [-0.4, -0.2) is 11.7 Å². The van der Waals surface area contributed by atoms with E-state index in [1.54, 1.807) is 12.1 Å². The molecule has 114 valence electrons. The molecule has 1 rings (SSSR count). The van der Waals surface area contributed by atoms with Crippen molar-refractivity contribution in [3.63, 3.8) is 0 Å². The second-order valence-electron chi connectivity index (χ2n) is 5.53. The zero-order chi connectivity index (χ0) is 14.5. The summed E-state index contributed by atoms with van der Waals surface area (Å²) >= 11 is 0.